The zero-order valence-corrected chi connectivity index (χ0v) is 12.4. The van der Waals surface area contributed by atoms with Crippen molar-refractivity contribution in [3.8, 4) is 6.07 Å². The Morgan fingerprint density at radius 3 is 2.38 bits per heavy atom. The first kappa shape index (κ1) is 13.8. The third-order valence-corrected chi connectivity index (χ3v) is 3.81. The third-order valence-electron chi connectivity index (χ3n) is 3.24. The second-order valence-electron chi connectivity index (χ2n) is 4.57. The number of nitrogens with one attached hydrogen (secondary N) is 1. The largest absolute Gasteiger partial charge is 0.354 e. The van der Waals surface area contributed by atoms with E-state index in [1.165, 1.54) is 0 Å². The van der Waals surface area contributed by atoms with E-state index in [1.54, 1.807) is 24.3 Å². The maximum atomic E-state index is 9.19. The van der Waals surface area contributed by atoms with Gasteiger partial charge in [0.05, 0.1) is 22.3 Å². The van der Waals surface area contributed by atoms with E-state index in [0.717, 1.165) is 22.1 Å². The number of anilines is 2. The van der Waals surface area contributed by atoms with E-state index >= 15 is 0 Å². The van der Waals surface area contributed by atoms with Gasteiger partial charge < -0.3 is 5.32 Å². The number of hydrogen-bond acceptors (Lipinski definition) is 2. The molecule has 4 heteroatoms. The van der Waals surface area contributed by atoms with Gasteiger partial charge in [0, 0.05) is 21.5 Å². The van der Waals surface area contributed by atoms with Crippen LogP contribution in [0.4, 0.5) is 11.4 Å². The molecule has 0 radical (unpaired) electrons. The fourth-order valence-electron chi connectivity index (χ4n) is 2.24. The second kappa shape index (κ2) is 5.65. The van der Waals surface area contributed by atoms with Gasteiger partial charge >= 0.3 is 0 Å². The Kier molecular flexibility index (Phi) is 3.70. The lowest BCUT2D eigenvalue weighted by molar-refractivity contribution is 1.50. The van der Waals surface area contributed by atoms with E-state index in [9.17, 15) is 5.26 Å². The molecule has 0 fully saturated rings. The van der Waals surface area contributed by atoms with Crippen molar-refractivity contribution in [1.82, 2.24) is 0 Å². The molecule has 0 heterocycles. The molecule has 3 aromatic carbocycles. The summed E-state index contributed by atoms with van der Waals surface area (Å²) in [7, 11) is 0. The molecule has 3 rings (SSSR count). The number of nitrogens with zero attached hydrogens (tertiary/aromatic N) is 1. The van der Waals surface area contributed by atoms with Gasteiger partial charge in [-0.3, -0.25) is 0 Å². The van der Waals surface area contributed by atoms with E-state index in [-0.39, 0.29) is 0 Å². The van der Waals surface area contributed by atoms with Crippen molar-refractivity contribution < 1.29 is 0 Å². The number of rotatable bonds is 2. The van der Waals surface area contributed by atoms with Crippen molar-refractivity contribution in [2.24, 2.45) is 0 Å². The minimum absolute atomic E-state index is 0.591. The predicted molar refractivity (Wildman–Crippen MR) is 88.4 cm³/mol. The van der Waals surface area contributed by atoms with Gasteiger partial charge in [0.2, 0.25) is 0 Å². The molecule has 0 aliphatic heterocycles. The summed E-state index contributed by atoms with van der Waals surface area (Å²) in [4.78, 5) is 0. The molecule has 0 aliphatic rings. The summed E-state index contributed by atoms with van der Waals surface area (Å²) in [6.07, 6.45) is 0. The highest BCUT2D eigenvalue weighted by Gasteiger charge is 2.07. The Hall–Kier alpha value is -2.21. The molecule has 0 atom stereocenters. The van der Waals surface area contributed by atoms with Crippen molar-refractivity contribution in [3.05, 3.63) is 70.2 Å². The van der Waals surface area contributed by atoms with Crippen LogP contribution >= 0.6 is 23.2 Å². The highest BCUT2D eigenvalue weighted by molar-refractivity contribution is 6.35. The zero-order chi connectivity index (χ0) is 14.8. The van der Waals surface area contributed by atoms with Crippen LogP contribution in [0.1, 0.15) is 5.56 Å². The van der Waals surface area contributed by atoms with Gasteiger partial charge in [0.1, 0.15) is 0 Å². The first-order valence-electron chi connectivity index (χ1n) is 6.33. The third kappa shape index (κ3) is 2.67. The van der Waals surface area contributed by atoms with Crippen LogP contribution in [-0.2, 0) is 0 Å². The average Bonchev–Trinajstić information content (AvgIpc) is 2.51. The minimum atomic E-state index is 0.591. The Morgan fingerprint density at radius 1 is 0.857 bits per heavy atom. The molecule has 1 N–H and O–H groups in total. The molecular formula is C17H10Cl2N2. The molecule has 3 aromatic rings. The first-order valence-corrected chi connectivity index (χ1v) is 7.08. The summed E-state index contributed by atoms with van der Waals surface area (Å²) >= 11 is 12.2. The van der Waals surface area contributed by atoms with Crippen molar-refractivity contribution in [2.45, 2.75) is 0 Å². The van der Waals surface area contributed by atoms with Gasteiger partial charge in [0.25, 0.3) is 0 Å². The van der Waals surface area contributed by atoms with Gasteiger partial charge in [0.15, 0.2) is 0 Å². The lowest BCUT2D eigenvalue weighted by atomic mass is 10.0. The van der Waals surface area contributed by atoms with Crippen LogP contribution in [0.2, 0.25) is 10.0 Å². The van der Waals surface area contributed by atoms with Crippen molar-refractivity contribution in [2.75, 3.05) is 5.32 Å². The number of benzene rings is 3. The number of hydrogen-bond donors (Lipinski definition) is 1. The first-order chi connectivity index (χ1) is 10.2. The smallest absolute Gasteiger partial charge is 0.0998 e. The molecule has 0 aromatic heterocycles. The monoisotopic (exact) mass is 312 g/mol. The van der Waals surface area contributed by atoms with Gasteiger partial charge in [-0.1, -0.05) is 47.5 Å². The lowest BCUT2D eigenvalue weighted by Gasteiger charge is -2.12. The SMILES string of the molecule is N#Cc1ccc(Nc2cc(Cl)ccc2Cl)c2ccccc12. The van der Waals surface area contributed by atoms with Crippen LogP contribution < -0.4 is 5.32 Å². The Balaban J connectivity index is 2.14. The van der Waals surface area contributed by atoms with Crippen molar-refractivity contribution in [1.29, 1.82) is 5.26 Å². The zero-order valence-electron chi connectivity index (χ0n) is 10.9. The van der Waals surface area contributed by atoms with E-state index in [2.05, 4.69) is 11.4 Å². The molecule has 0 spiro atoms. The number of nitriles is 1. The molecule has 21 heavy (non-hydrogen) atoms. The molecule has 0 saturated heterocycles. The summed E-state index contributed by atoms with van der Waals surface area (Å²) in [5.74, 6) is 0. The van der Waals surface area contributed by atoms with Crippen LogP contribution in [0.5, 0.6) is 0 Å². The molecule has 0 amide bonds. The maximum Gasteiger partial charge on any atom is 0.0998 e. The fraction of sp³-hybridized carbons (Fsp3) is 0. The quantitative estimate of drug-likeness (QED) is 0.652. The molecule has 102 valence electrons. The highest BCUT2D eigenvalue weighted by Crippen LogP contribution is 2.32. The van der Waals surface area contributed by atoms with Crippen LogP contribution in [0, 0.1) is 11.3 Å². The van der Waals surface area contributed by atoms with Crippen molar-refractivity contribution in [3.63, 3.8) is 0 Å². The van der Waals surface area contributed by atoms with Crippen LogP contribution in [0.25, 0.3) is 10.8 Å². The molecule has 0 saturated carbocycles. The molecular weight excluding hydrogens is 303 g/mol. The van der Waals surface area contributed by atoms with Gasteiger partial charge in [-0.05, 0) is 30.3 Å². The van der Waals surface area contributed by atoms with Gasteiger partial charge in [-0.25, -0.2) is 0 Å². The Morgan fingerprint density at radius 2 is 1.62 bits per heavy atom. The standard InChI is InChI=1S/C17H10Cl2N2/c18-12-6-7-15(19)17(9-12)21-16-8-5-11(10-20)13-3-1-2-4-14(13)16/h1-9,21H. The number of fused-ring (bicyclic) bond motifs is 1. The molecule has 2 nitrogen and oxygen atoms in total. The van der Waals surface area contributed by atoms with E-state index in [1.807, 2.05) is 30.3 Å². The minimum Gasteiger partial charge on any atom is -0.354 e. The average molecular weight is 313 g/mol. The topological polar surface area (TPSA) is 35.8 Å². The van der Waals surface area contributed by atoms with E-state index in [0.29, 0.717) is 15.6 Å². The van der Waals surface area contributed by atoms with Gasteiger partial charge in [-0.15, -0.1) is 0 Å². The van der Waals surface area contributed by atoms with E-state index in [4.69, 9.17) is 23.2 Å². The summed E-state index contributed by atoms with van der Waals surface area (Å²) in [6.45, 7) is 0. The van der Waals surface area contributed by atoms with Crippen LogP contribution in [-0.4, -0.2) is 0 Å². The fourth-order valence-corrected chi connectivity index (χ4v) is 2.58. The Labute approximate surface area is 132 Å². The maximum absolute atomic E-state index is 9.19. The predicted octanol–water partition coefficient (Wildman–Crippen LogP) is 5.76. The highest BCUT2D eigenvalue weighted by atomic mass is 35.5. The molecule has 0 aliphatic carbocycles. The van der Waals surface area contributed by atoms with Crippen molar-refractivity contribution >= 4 is 45.3 Å². The number of halogens is 2. The normalized spacial score (nSPS) is 10.3. The summed E-state index contributed by atoms with van der Waals surface area (Å²) in [5, 5.41) is 15.5. The second-order valence-corrected chi connectivity index (χ2v) is 5.41. The van der Waals surface area contributed by atoms with E-state index < -0.39 is 0 Å². The summed E-state index contributed by atoms with van der Waals surface area (Å²) < 4.78 is 0. The lowest BCUT2D eigenvalue weighted by Crippen LogP contribution is -1.93. The summed E-state index contributed by atoms with van der Waals surface area (Å²) in [5.41, 5.74) is 2.26. The summed E-state index contributed by atoms with van der Waals surface area (Å²) in [6, 6.07) is 18.9. The van der Waals surface area contributed by atoms with Gasteiger partial charge in [-0.2, -0.15) is 5.26 Å². The molecule has 0 unspecified atom stereocenters. The van der Waals surface area contributed by atoms with Crippen LogP contribution in [0.15, 0.2) is 54.6 Å². The Bertz CT molecular complexity index is 866. The van der Waals surface area contributed by atoms with Crippen LogP contribution in [0.3, 0.4) is 0 Å². The molecule has 0 bridgehead atoms.